The molecule has 0 aliphatic carbocycles. The molecule has 0 unspecified atom stereocenters. The minimum Gasteiger partial charge on any atom is -0.261 e. The Morgan fingerprint density at radius 2 is 2.12 bits per heavy atom. The molecule has 2 aliphatic rings. The van der Waals surface area contributed by atoms with E-state index in [0.29, 0.717) is 10.0 Å². The lowest BCUT2D eigenvalue weighted by Gasteiger charge is -2.02. The molecule has 6 heteroatoms. The van der Waals surface area contributed by atoms with Crippen LogP contribution in [0.3, 0.4) is 0 Å². The van der Waals surface area contributed by atoms with Crippen molar-refractivity contribution in [2.24, 2.45) is 15.2 Å². The van der Waals surface area contributed by atoms with Gasteiger partial charge in [0, 0.05) is 10.6 Å². The summed E-state index contributed by atoms with van der Waals surface area (Å²) >= 11 is 13.5. The molecule has 0 amide bonds. The summed E-state index contributed by atoms with van der Waals surface area (Å²) in [5.74, 6) is 0. The molecule has 0 bridgehead atoms. The zero-order valence-corrected chi connectivity index (χ0v) is 10.2. The van der Waals surface area contributed by atoms with Gasteiger partial charge in [0.25, 0.3) is 0 Å². The predicted molar refractivity (Wildman–Crippen MR) is 70.3 cm³/mol. The molecule has 3 rings (SSSR count). The Bertz CT molecular complexity index is 551. The number of nitrogens with zero attached hydrogens (tertiary/aromatic N) is 3. The van der Waals surface area contributed by atoms with E-state index in [0.717, 1.165) is 15.7 Å². The van der Waals surface area contributed by atoms with Crippen LogP contribution in [-0.4, -0.2) is 22.3 Å². The van der Waals surface area contributed by atoms with Gasteiger partial charge in [-0.15, -0.1) is 5.10 Å². The van der Waals surface area contributed by atoms with E-state index in [2.05, 4.69) is 15.2 Å². The van der Waals surface area contributed by atoms with Crippen LogP contribution in [0.1, 0.15) is 5.56 Å². The quantitative estimate of drug-likeness (QED) is 0.771. The van der Waals surface area contributed by atoms with E-state index in [1.165, 1.54) is 11.8 Å². The minimum atomic E-state index is -0.0215. The van der Waals surface area contributed by atoms with Crippen molar-refractivity contribution in [2.45, 2.75) is 6.04 Å². The lowest BCUT2D eigenvalue weighted by atomic mass is 10.2. The second-order valence-electron chi connectivity index (χ2n) is 3.31. The highest BCUT2D eigenvalue weighted by Crippen LogP contribution is 2.32. The van der Waals surface area contributed by atoms with Crippen molar-refractivity contribution in [3.05, 3.63) is 33.8 Å². The smallest absolute Gasteiger partial charge is 0.138 e. The summed E-state index contributed by atoms with van der Waals surface area (Å²) in [4.78, 5) is 4.48. The van der Waals surface area contributed by atoms with Gasteiger partial charge in [-0.05, 0) is 30.0 Å². The number of thioether (sulfide) groups is 1. The standard InChI is InChI=1S/C10H5Cl2N3S/c11-5-1-2-6(7(12)3-5)9-14-8-4-13-15-10(8)16-9/h1-4,8H/t8-/m0/s1. The number of fused-ring (bicyclic) bond motifs is 1. The molecule has 3 nitrogen and oxygen atoms in total. The van der Waals surface area contributed by atoms with Gasteiger partial charge in [-0.2, -0.15) is 5.10 Å². The average Bonchev–Trinajstić information content (AvgIpc) is 2.76. The summed E-state index contributed by atoms with van der Waals surface area (Å²) in [6.45, 7) is 0. The highest BCUT2D eigenvalue weighted by atomic mass is 35.5. The largest absolute Gasteiger partial charge is 0.261 e. The number of hydrogen-bond donors (Lipinski definition) is 0. The van der Waals surface area contributed by atoms with Gasteiger partial charge in [-0.1, -0.05) is 23.2 Å². The van der Waals surface area contributed by atoms with Crippen LogP contribution in [0.2, 0.25) is 10.0 Å². The summed E-state index contributed by atoms with van der Waals surface area (Å²) in [5.41, 5.74) is 0.890. The molecule has 0 saturated heterocycles. The maximum Gasteiger partial charge on any atom is 0.138 e. The zero-order chi connectivity index (χ0) is 11.1. The number of rotatable bonds is 1. The monoisotopic (exact) mass is 269 g/mol. The first-order valence-corrected chi connectivity index (χ1v) is 6.13. The fourth-order valence-electron chi connectivity index (χ4n) is 1.48. The van der Waals surface area contributed by atoms with Gasteiger partial charge in [0.2, 0.25) is 0 Å². The SMILES string of the molecule is Clc1ccc(C2=N[C@H]3C=NN=C3S2)c(Cl)c1. The Balaban J connectivity index is 2.00. The molecule has 1 aromatic rings. The van der Waals surface area contributed by atoms with Crippen LogP contribution in [0, 0.1) is 0 Å². The van der Waals surface area contributed by atoms with Crippen molar-refractivity contribution < 1.29 is 0 Å². The minimum absolute atomic E-state index is 0.0215. The summed E-state index contributed by atoms with van der Waals surface area (Å²) in [6, 6.07) is 5.36. The second kappa shape index (κ2) is 3.87. The van der Waals surface area contributed by atoms with E-state index in [9.17, 15) is 0 Å². The molecule has 16 heavy (non-hydrogen) atoms. The Kier molecular flexibility index (Phi) is 2.50. The van der Waals surface area contributed by atoms with Gasteiger partial charge in [0.15, 0.2) is 0 Å². The first-order valence-electron chi connectivity index (χ1n) is 4.56. The lowest BCUT2D eigenvalue weighted by molar-refractivity contribution is 1.22. The molecule has 2 heterocycles. The molecule has 0 fully saturated rings. The molecule has 0 radical (unpaired) electrons. The third kappa shape index (κ3) is 1.67. The zero-order valence-electron chi connectivity index (χ0n) is 7.89. The molecular weight excluding hydrogens is 265 g/mol. The van der Waals surface area contributed by atoms with Crippen LogP contribution in [0.5, 0.6) is 0 Å². The Labute approximate surface area is 106 Å². The normalized spacial score (nSPS) is 22.0. The second-order valence-corrected chi connectivity index (χ2v) is 5.16. The summed E-state index contributed by atoms with van der Waals surface area (Å²) in [6.07, 6.45) is 1.72. The fourth-order valence-corrected chi connectivity index (χ4v) is 3.01. The molecule has 0 spiro atoms. The maximum absolute atomic E-state index is 6.11. The van der Waals surface area contributed by atoms with E-state index in [1.807, 2.05) is 6.07 Å². The molecule has 0 saturated carbocycles. The Morgan fingerprint density at radius 3 is 2.88 bits per heavy atom. The summed E-state index contributed by atoms with van der Waals surface area (Å²) in [5, 5.41) is 10.8. The molecule has 1 atom stereocenters. The average molecular weight is 270 g/mol. The van der Waals surface area contributed by atoms with Crippen molar-refractivity contribution in [1.82, 2.24) is 0 Å². The Morgan fingerprint density at radius 1 is 1.25 bits per heavy atom. The van der Waals surface area contributed by atoms with E-state index in [1.54, 1.807) is 18.3 Å². The highest BCUT2D eigenvalue weighted by Gasteiger charge is 2.29. The van der Waals surface area contributed by atoms with Crippen LogP contribution in [-0.2, 0) is 0 Å². The van der Waals surface area contributed by atoms with Crippen molar-refractivity contribution in [2.75, 3.05) is 0 Å². The molecular formula is C10H5Cl2N3S. The number of hydrogen-bond acceptors (Lipinski definition) is 4. The molecule has 0 aromatic heterocycles. The van der Waals surface area contributed by atoms with E-state index >= 15 is 0 Å². The Hall–Kier alpha value is -0.840. The van der Waals surface area contributed by atoms with Gasteiger partial charge < -0.3 is 0 Å². The van der Waals surface area contributed by atoms with Gasteiger partial charge >= 0.3 is 0 Å². The number of halogens is 2. The van der Waals surface area contributed by atoms with Gasteiger partial charge in [0.1, 0.15) is 16.1 Å². The predicted octanol–water partition coefficient (Wildman–Crippen LogP) is 3.25. The highest BCUT2D eigenvalue weighted by molar-refractivity contribution is 8.27. The van der Waals surface area contributed by atoms with Crippen LogP contribution in [0.4, 0.5) is 0 Å². The van der Waals surface area contributed by atoms with Crippen molar-refractivity contribution in [3.8, 4) is 0 Å². The molecule has 2 aliphatic heterocycles. The summed E-state index contributed by atoms with van der Waals surface area (Å²) in [7, 11) is 0. The third-order valence-corrected chi connectivity index (χ3v) is 3.84. The van der Waals surface area contributed by atoms with Crippen molar-refractivity contribution >= 4 is 51.3 Å². The maximum atomic E-state index is 6.11. The number of benzene rings is 1. The van der Waals surface area contributed by atoms with Gasteiger partial charge in [-0.3, -0.25) is 4.99 Å². The lowest BCUT2D eigenvalue weighted by Crippen LogP contribution is -2.06. The first kappa shape index (κ1) is 10.3. The molecule has 1 aromatic carbocycles. The van der Waals surface area contributed by atoms with E-state index < -0.39 is 0 Å². The van der Waals surface area contributed by atoms with Gasteiger partial charge in [0.05, 0.1) is 11.2 Å². The van der Waals surface area contributed by atoms with Crippen LogP contribution in [0.25, 0.3) is 0 Å². The summed E-state index contributed by atoms with van der Waals surface area (Å²) < 4.78 is 0. The number of aliphatic imine (C=N–C) groups is 1. The fraction of sp³-hybridized carbons (Fsp3) is 0.100. The van der Waals surface area contributed by atoms with Crippen molar-refractivity contribution in [1.29, 1.82) is 0 Å². The van der Waals surface area contributed by atoms with Crippen LogP contribution >= 0.6 is 35.0 Å². The van der Waals surface area contributed by atoms with Crippen molar-refractivity contribution in [3.63, 3.8) is 0 Å². The van der Waals surface area contributed by atoms with E-state index in [4.69, 9.17) is 23.2 Å². The first-order chi connectivity index (χ1) is 7.74. The molecule has 80 valence electrons. The topological polar surface area (TPSA) is 37.1 Å². The molecule has 0 N–H and O–H groups in total. The van der Waals surface area contributed by atoms with Crippen LogP contribution < -0.4 is 0 Å². The van der Waals surface area contributed by atoms with Crippen LogP contribution in [0.15, 0.2) is 33.4 Å². The third-order valence-electron chi connectivity index (χ3n) is 2.24. The van der Waals surface area contributed by atoms with Gasteiger partial charge in [-0.25, -0.2) is 0 Å². The van der Waals surface area contributed by atoms with E-state index in [-0.39, 0.29) is 6.04 Å².